The third kappa shape index (κ3) is 6.30. The van der Waals surface area contributed by atoms with Crippen molar-refractivity contribution in [1.29, 1.82) is 0 Å². The lowest BCUT2D eigenvalue weighted by Crippen LogP contribution is -2.34. The molecule has 2 heteroatoms. The van der Waals surface area contributed by atoms with Crippen molar-refractivity contribution < 1.29 is 0 Å². The van der Waals surface area contributed by atoms with Crippen LogP contribution in [-0.2, 0) is 0 Å². The normalized spacial score (nSPS) is 19.3. The second kappa shape index (κ2) is 13.3. The van der Waals surface area contributed by atoms with Crippen molar-refractivity contribution in [3.8, 4) is 0 Å². The molecule has 3 aromatic carbocycles. The molecule has 2 aliphatic carbocycles. The van der Waals surface area contributed by atoms with E-state index in [1.807, 2.05) is 0 Å². The lowest BCUT2D eigenvalue weighted by molar-refractivity contribution is 0.338. The van der Waals surface area contributed by atoms with Crippen molar-refractivity contribution in [1.82, 2.24) is 0 Å². The summed E-state index contributed by atoms with van der Waals surface area (Å²) < 4.78 is 0. The highest BCUT2D eigenvalue weighted by molar-refractivity contribution is 7.95. The van der Waals surface area contributed by atoms with Crippen LogP contribution in [0, 0.1) is 11.3 Å². The van der Waals surface area contributed by atoms with Gasteiger partial charge >= 0.3 is 0 Å². The van der Waals surface area contributed by atoms with Gasteiger partial charge in [0.05, 0.1) is 5.70 Å². The Bertz CT molecular complexity index is 1410. The molecule has 6 rings (SSSR count). The lowest BCUT2D eigenvalue weighted by atomic mass is 9.72. The number of nitrogens with zero attached hydrogens (tertiary/aromatic N) is 1. The molecule has 1 fully saturated rings. The van der Waals surface area contributed by atoms with Crippen LogP contribution in [0.1, 0.15) is 85.0 Å². The lowest BCUT2D eigenvalue weighted by Gasteiger charge is -2.32. The smallest absolute Gasteiger partial charge is 0.116 e. The van der Waals surface area contributed by atoms with Gasteiger partial charge < -0.3 is 0 Å². The van der Waals surface area contributed by atoms with Crippen molar-refractivity contribution in [3.05, 3.63) is 126 Å². The van der Waals surface area contributed by atoms with E-state index >= 15 is 0 Å². The first-order chi connectivity index (χ1) is 21.0. The molecule has 1 nitrogen and oxygen atoms in total. The van der Waals surface area contributed by atoms with E-state index in [1.54, 1.807) is 11.1 Å². The highest BCUT2D eigenvalue weighted by Crippen LogP contribution is 2.58. The molecule has 0 radical (unpaired) electrons. The molecule has 1 atom stereocenters. The second-order valence-electron chi connectivity index (χ2n) is 13.7. The van der Waals surface area contributed by atoms with Gasteiger partial charge in [0.1, 0.15) is 29.3 Å². The molecule has 222 valence electrons. The van der Waals surface area contributed by atoms with Crippen LogP contribution < -0.4 is 15.9 Å². The Kier molecular flexibility index (Phi) is 9.30. The molecule has 0 spiro atoms. The van der Waals surface area contributed by atoms with Crippen LogP contribution >= 0.6 is 7.26 Å². The first-order valence-electron chi connectivity index (χ1n) is 16.8. The van der Waals surface area contributed by atoms with Crippen LogP contribution in [0.4, 0.5) is 0 Å². The molecule has 0 amide bonds. The van der Waals surface area contributed by atoms with Gasteiger partial charge in [0.2, 0.25) is 0 Å². The summed E-state index contributed by atoms with van der Waals surface area (Å²) in [5.41, 5.74) is 7.66. The zero-order chi connectivity index (χ0) is 29.7. The van der Waals surface area contributed by atoms with Gasteiger partial charge in [-0.15, -0.1) is 0 Å². The average molecular weight is 587 g/mol. The van der Waals surface area contributed by atoms with Gasteiger partial charge in [-0.2, -0.15) is 0 Å². The van der Waals surface area contributed by atoms with Gasteiger partial charge in [-0.3, -0.25) is 4.99 Å². The van der Waals surface area contributed by atoms with Crippen molar-refractivity contribution in [3.63, 3.8) is 0 Å². The zero-order valence-corrected chi connectivity index (χ0v) is 27.5. The number of benzene rings is 3. The highest BCUT2D eigenvalue weighted by Gasteiger charge is 2.47. The summed E-state index contributed by atoms with van der Waals surface area (Å²) in [4.78, 5) is 5.58. The van der Waals surface area contributed by atoms with Crippen molar-refractivity contribution in [2.24, 2.45) is 16.3 Å². The third-order valence-corrected chi connectivity index (χ3v) is 14.3. The molecule has 1 aliphatic heterocycles. The average Bonchev–Trinajstić information content (AvgIpc) is 3.41. The topological polar surface area (TPSA) is 12.4 Å². The Labute approximate surface area is 261 Å². The quantitative estimate of drug-likeness (QED) is 0.148. The van der Waals surface area contributed by atoms with Crippen molar-refractivity contribution >= 4 is 28.9 Å². The summed E-state index contributed by atoms with van der Waals surface area (Å²) in [7, 11) is -2.00. The Morgan fingerprint density at radius 3 is 1.88 bits per heavy atom. The number of unbranched alkanes of at least 4 members (excludes halogenated alkanes) is 5. The summed E-state index contributed by atoms with van der Waals surface area (Å²) in [6.07, 6.45) is 19.0. The molecule has 0 bridgehead atoms. The predicted molar refractivity (Wildman–Crippen MR) is 190 cm³/mol. The molecule has 1 heterocycles. The summed E-state index contributed by atoms with van der Waals surface area (Å²) in [6, 6.07) is 34.0. The fourth-order valence-corrected chi connectivity index (χ4v) is 11.8. The number of rotatable bonds is 12. The minimum absolute atomic E-state index is 0.328. The monoisotopic (exact) mass is 586 g/mol. The van der Waals surface area contributed by atoms with Gasteiger partial charge in [0.25, 0.3) is 0 Å². The zero-order valence-electron chi connectivity index (χ0n) is 26.6. The fourth-order valence-electron chi connectivity index (χ4n) is 7.58. The minimum Gasteiger partial charge on any atom is -0.252 e. The maximum Gasteiger partial charge on any atom is 0.116 e. The molecule has 0 saturated heterocycles. The van der Waals surface area contributed by atoms with Crippen LogP contribution in [0.2, 0.25) is 0 Å². The van der Waals surface area contributed by atoms with E-state index in [9.17, 15) is 0 Å². The number of allylic oxidation sites excluding steroid dienone is 5. The van der Waals surface area contributed by atoms with E-state index in [1.165, 1.54) is 90.7 Å². The third-order valence-electron chi connectivity index (χ3n) is 9.94. The fraction of sp³-hybridized carbons (Fsp3) is 0.390. The van der Waals surface area contributed by atoms with E-state index in [0.717, 1.165) is 12.6 Å². The number of aliphatic imine (C=N–C) groups is 1. The van der Waals surface area contributed by atoms with E-state index in [0.29, 0.717) is 11.3 Å². The van der Waals surface area contributed by atoms with Gasteiger partial charge in [-0.25, -0.2) is 0 Å². The molecule has 3 aromatic rings. The molecule has 0 N–H and O–H groups in total. The number of hydrogen-bond donors (Lipinski definition) is 0. The Hall–Kier alpha value is -3.02. The summed E-state index contributed by atoms with van der Waals surface area (Å²) in [6.45, 7) is 7.16. The standard InChI is InChI=1S/C41H49NP/c1-4-5-6-7-8-12-19-32-26-27-33(40-39(32)37-28-29-41(2,3)30-38(37)42-40)31-43(34-20-13-9-14-21-34,35-22-15-10-16-23-35)36-24-17-11-18-25-36/h9-11,13-18,20-27,32H,4-8,12,19,28-31H2,1-3H3/q+1. The minimum atomic E-state index is -2.00. The van der Waals surface area contributed by atoms with E-state index in [4.69, 9.17) is 4.99 Å². The van der Waals surface area contributed by atoms with Crippen LogP contribution in [0.5, 0.6) is 0 Å². The predicted octanol–water partition coefficient (Wildman–Crippen LogP) is 10.1. The van der Waals surface area contributed by atoms with Crippen LogP contribution in [0.15, 0.2) is 131 Å². The summed E-state index contributed by atoms with van der Waals surface area (Å²) >= 11 is 0. The van der Waals surface area contributed by atoms with Gasteiger partial charge in [-0.05, 0) is 78.6 Å². The maximum atomic E-state index is 5.58. The van der Waals surface area contributed by atoms with Crippen molar-refractivity contribution in [2.45, 2.75) is 85.0 Å². The van der Waals surface area contributed by atoms with Gasteiger partial charge in [-0.1, -0.05) is 126 Å². The first-order valence-corrected chi connectivity index (χ1v) is 18.8. The van der Waals surface area contributed by atoms with E-state index in [-0.39, 0.29) is 0 Å². The molecule has 43 heavy (non-hydrogen) atoms. The highest BCUT2D eigenvalue weighted by atomic mass is 31.2. The molecule has 0 aromatic heterocycles. The van der Waals surface area contributed by atoms with Crippen LogP contribution in [0.25, 0.3) is 0 Å². The SMILES string of the molecule is CCCCCCCCC1C=CC(C[P+](c2ccccc2)(c2ccccc2)c2ccccc2)=C2N=C3CC(C)(C)CCC3=C21. The number of hydrogen-bond acceptors (Lipinski definition) is 1. The molecular weight excluding hydrogens is 537 g/mol. The first kappa shape index (κ1) is 30.0. The molecule has 3 aliphatic rings. The van der Waals surface area contributed by atoms with E-state index in [2.05, 4.69) is 124 Å². The Balaban J connectivity index is 1.44. The summed E-state index contributed by atoms with van der Waals surface area (Å²) in [5.74, 6) is 0.500. The Morgan fingerprint density at radius 1 is 0.744 bits per heavy atom. The van der Waals surface area contributed by atoms with E-state index < -0.39 is 7.26 Å². The van der Waals surface area contributed by atoms with Gasteiger partial charge in [0.15, 0.2) is 0 Å². The van der Waals surface area contributed by atoms with Crippen LogP contribution in [-0.4, -0.2) is 11.9 Å². The van der Waals surface area contributed by atoms with Crippen LogP contribution in [0.3, 0.4) is 0 Å². The molecule has 1 saturated carbocycles. The second-order valence-corrected chi connectivity index (χ2v) is 17.1. The largest absolute Gasteiger partial charge is 0.252 e. The molecular formula is C41H49NP+. The number of fused-ring (bicyclic) bond motifs is 2. The Morgan fingerprint density at radius 2 is 1.30 bits per heavy atom. The summed E-state index contributed by atoms with van der Waals surface area (Å²) in [5, 5.41) is 4.34. The van der Waals surface area contributed by atoms with Gasteiger partial charge in [0, 0.05) is 17.2 Å². The van der Waals surface area contributed by atoms with Crippen molar-refractivity contribution in [2.75, 3.05) is 6.16 Å². The molecule has 1 unspecified atom stereocenters. The maximum absolute atomic E-state index is 5.58.